The standard InChI is InChI=1S/C17H30O2/c1-2-3-4-5-6-7-8-9-10-11-12-13-16-14-15-17(18)19-16/h14-16H,2-13H2,1H3/t16-/m0/s1. The molecule has 0 aromatic heterocycles. The number of cyclic esters (lactones) is 1. The molecular formula is C17H30O2. The van der Waals surface area contributed by atoms with Crippen molar-refractivity contribution in [3.05, 3.63) is 12.2 Å². The molecular weight excluding hydrogens is 236 g/mol. The van der Waals surface area contributed by atoms with E-state index >= 15 is 0 Å². The Morgan fingerprint density at radius 1 is 0.895 bits per heavy atom. The summed E-state index contributed by atoms with van der Waals surface area (Å²) in [7, 11) is 0. The van der Waals surface area contributed by atoms with Crippen LogP contribution in [0.5, 0.6) is 0 Å². The van der Waals surface area contributed by atoms with Crippen LogP contribution in [-0.2, 0) is 9.53 Å². The third-order valence-electron chi connectivity index (χ3n) is 3.81. The smallest absolute Gasteiger partial charge is 0.331 e. The largest absolute Gasteiger partial charge is 0.455 e. The van der Waals surface area contributed by atoms with Crippen LogP contribution in [0.15, 0.2) is 12.2 Å². The first-order valence-corrected chi connectivity index (χ1v) is 8.21. The number of ether oxygens (including phenoxy) is 1. The summed E-state index contributed by atoms with van der Waals surface area (Å²) >= 11 is 0. The summed E-state index contributed by atoms with van der Waals surface area (Å²) in [4.78, 5) is 10.8. The molecule has 0 unspecified atom stereocenters. The van der Waals surface area contributed by atoms with Gasteiger partial charge < -0.3 is 4.74 Å². The zero-order chi connectivity index (χ0) is 13.8. The average Bonchev–Trinajstić information content (AvgIpc) is 2.82. The summed E-state index contributed by atoms with van der Waals surface area (Å²) in [5.74, 6) is -0.173. The lowest BCUT2D eigenvalue weighted by molar-refractivity contribution is -0.138. The Bertz CT molecular complexity index is 258. The molecule has 0 aliphatic carbocycles. The normalized spacial score (nSPS) is 17.9. The Morgan fingerprint density at radius 3 is 1.89 bits per heavy atom. The molecule has 0 saturated heterocycles. The highest BCUT2D eigenvalue weighted by molar-refractivity contribution is 5.84. The minimum Gasteiger partial charge on any atom is -0.455 e. The predicted molar refractivity (Wildman–Crippen MR) is 80.1 cm³/mol. The molecule has 0 spiro atoms. The molecule has 1 atom stereocenters. The number of carbonyl (C=O) groups is 1. The SMILES string of the molecule is CCCCCCCCCCCCC[C@H]1C=CC(=O)O1. The van der Waals surface area contributed by atoms with Crippen molar-refractivity contribution in [1.29, 1.82) is 0 Å². The second-order valence-corrected chi connectivity index (χ2v) is 5.66. The molecule has 0 aromatic carbocycles. The molecule has 2 nitrogen and oxygen atoms in total. The molecule has 0 bridgehead atoms. The van der Waals surface area contributed by atoms with Crippen molar-refractivity contribution in [2.45, 2.75) is 90.1 Å². The van der Waals surface area contributed by atoms with Gasteiger partial charge in [0.1, 0.15) is 6.10 Å². The van der Waals surface area contributed by atoms with Crippen LogP contribution in [0.2, 0.25) is 0 Å². The van der Waals surface area contributed by atoms with Crippen molar-refractivity contribution in [3.8, 4) is 0 Å². The van der Waals surface area contributed by atoms with E-state index in [9.17, 15) is 4.79 Å². The fourth-order valence-electron chi connectivity index (χ4n) is 2.58. The number of rotatable bonds is 12. The maximum atomic E-state index is 10.8. The minimum absolute atomic E-state index is 0.0612. The van der Waals surface area contributed by atoms with Crippen molar-refractivity contribution in [3.63, 3.8) is 0 Å². The van der Waals surface area contributed by atoms with Gasteiger partial charge in [-0.15, -0.1) is 0 Å². The van der Waals surface area contributed by atoms with Crippen LogP contribution in [0, 0.1) is 0 Å². The van der Waals surface area contributed by atoms with E-state index in [1.807, 2.05) is 6.08 Å². The summed E-state index contributed by atoms with van der Waals surface area (Å²) in [5.41, 5.74) is 0. The summed E-state index contributed by atoms with van der Waals surface area (Å²) < 4.78 is 5.10. The van der Waals surface area contributed by atoms with Gasteiger partial charge in [-0.3, -0.25) is 0 Å². The summed E-state index contributed by atoms with van der Waals surface area (Å²) in [6, 6.07) is 0. The van der Waals surface area contributed by atoms with E-state index in [0.717, 1.165) is 6.42 Å². The van der Waals surface area contributed by atoms with Crippen LogP contribution < -0.4 is 0 Å². The highest BCUT2D eigenvalue weighted by Gasteiger charge is 2.15. The molecule has 2 heteroatoms. The summed E-state index contributed by atoms with van der Waals surface area (Å²) in [6.07, 6.45) is 19.5. The Balaban J connectivity index is 1.74. The molecule has 0 N–H and O–H groups in total. The number of hydrogen-bond acceptors (Lipinski definition) is 2. The van der Waals surface area contributed by atoms with Gasteiger partial charge in [0.2, 0.25) is 0 Å². The third-order valence-corrected chi connectivity index (χ3v) is 3.81. The van der Waals surface area contributed by atoms with Crippen molar-refractivity contribution in [2.75, 3.05) is 0 Å². The van der Waals surface area contributed by atoms with E-state index in [0.29, 0.717) is 0 Å². The maximum Gasteiger partial charge on any atom is 0.331 e. The second-order valence-electron chi connectivity index (χ2n) is 5.66. The molecule has 0 amide bonds. The van der Waals surface area contributed by atoms with Gasteiger partial charge in [0.25, 0.3) is 0 Å². The molecule has 110 valence electrons. The van der Waals surface area contributed by atoms with Gasteiger partial charge in [0, 0.05) is 6.08 Å². The quantitative estimate of drug-likeness (QED) is 0.360. The lowest BCUT2D eigenvalue weighted by Gasteiger charge is -2.07. The van der Waals surface area contributed by atoms with Crippen LogP contribution in [0.4, 0.5) is 0 Å². The van der Waals surface area contributed by atoms with Crippen LogP contribution in [-0.4, -0.2) is 12.1 Å². The lowest BCUT2D eigenvalue weighted by atomic mass is 10.0. The number of esters is 1. The lowest BCUT2D eigenvalue weighted by Crippen LogP contribution is -2.06. The van der Waals surface area contributed by atoms with E-state index in [1.54, 1.807) is 6.08 Å². The van der Waals surface area contributed by atoms with Gasteiger partial charge in [-0.05, 0) is 18.9 Å². The Morgan fingerprint density at radius 2 is 1.42 bits per heavy atom. The zero-order valence-electron chi connectivity index (χ0n) is 12.5. The zero-order valence-corrected chi connectivity index (χ0v) is 12.5. The van der Waals surface area contributed by atoms with Gasteiger partial charge in [0.05, 0.1) is 0 Å². The maximum absolute atomic E-state index is 10.8. The van der Waals surface area contributed by atoms with Crippen LogP contribution >= 0.6 is 0 Å². The highest BCUT2D eigenvalue weighted by atomic mass is 16.5. The number of hydrogen-bond donors (Lipinski definition) is 0. The number of carbonyl (C=O) groups excluding carboxylic acids is 1. The monoisotopic (exact) mass is 266 g/mol. The third kappa shape index (κ3) is 8.85. The molecule has 1 heterocycles. The van der Waals surface area contributed by atoms with Crippen molar-refractivity contribution in [1.82, 2.24) is 0 Å². The fourth-order valence-corrected chi connectivity index (χ4v) is 2.58. The van der Waals surface area contributed by atoms with Gasteiger partial charge in [-0.2, -0.15) is 0 Å². The van der Waals surface area contributed by atoms with E-state index in [4.69, 9.17) is 4.74 Å². The minimum atomic E-state index is -0.173. The van der Waals surface area contributed by atoms with Gasteiger partial charge >= 0.3 is 5.97 Å². The first-order chi connectivity index (χ1) is 9.33. The summed E-state index contributed by atoms with van der Waals surface area (Å²) in [5, 5.41) is 0. The molecule has 1 aliphatic heterocycles. The van der Waals surface area contributed by atoms with Gasteiger partial charge in [-0.25, -0.2) is 4.79 Å². The number of unbranched alkanes of at least 4 members (excludes halogenated alkanes) is 10. The topological polar surface area (TPSA) is 26.3 Å². The highest BCUT2D eigenvalue weighted by Crippen LogP contribution is 2.15. The molecule has 1 aliphatic rings. The predicted octanol–water partition coefficient (Wildman–Crippen LogP) is 5.17. The Labute approximate surface area is 118 Å². The van der Waals surface area contributed by atoms with E-state index < -0.39 is 0 Å². The average molecular weight is 266 g/mol. The Kier molecular flexibility index (Phi) is 9.48. The van der Waals surface area contributed by atoms with Crippen molar-refractivity contribution >= 4 is 5.97 Å². The van der Waals surface area contributed by atoms with Gasteiger partial charge in [-0.1, -0.05) is 71.1 Å². The van der Waals surface area contributed by atoms with E-state index in [1.165, 1.54) is 70.6 Å². The molecule has 0 radical (unpaired) electrons. The first kappa shape index (κ1) is 16.3. The van der Waals surface area contributed by atoms with Gasteiger partial charge in [0.15, 0.2) is 0 Å². The van der Waals surface area contributed by atoms with Crippen LogP contribution in [0.25, 0.3) is 0 Å². The molecule has 0 saturated carbocycles. The molecule has 1 rings (SSSR count). The first-order valence-electron chi connectivity index (χ1n) is 8.21. The summed E-state index contributed by atoms with van der Waals surface area (Å²) in [6.45, 7) is 2.27. The molecule has 0 fully saturated rings. The second kappa shape index (κ2) is 11.1. The fraction of sp³-hybridized carbons (Fsp3) is 0.824. The van der Waals surface area contributed by atoms with E-state index in [-0.39, 0.29) is 12.1 Å². The van der Waals surface area contributed by atoms with Crippen molar-refractivity contribution in [2.24, 2.45) is 0 Å². The van der Waals surface area contributed by atoms with Crippen LogP contribution in [0.3, 0.4) is 0 Å². The molecule has 19 heavy (non-hydrogen) atoms. The Hall–Kier alpha value is -0.790. The van der Waals surface area contributed by atoms with Crippen molar-refractivity contribution < 1.29 is 9.53 Å². The molecule has 0 aromatic rings. The van der Waals surface area contributed by atoms with E-state index in [2.05, 4.69) is 6.92 Å². The van der Waals surface area contributed by atoms with Crippen LogP contribution in [0.1, 0.15) is 84.0 Å².